The van der Waals surface area contributed by atoms with Crippen LogP contribution in [-0.4, -0.2) is 109 Å². The van der Waals surface area contributed by atoms with E-state index in [9.17, 15) is 48.2 Å². The lowest BCUT2D eigenvalue weighted by Crippen LogP contribution is -2.63. The minimum Gasteiger partial charge on any atom is -0.404 e. The molecule has 66 heavy (non-hydrogen) atoms. The fourth-order valence-corrected chi connectivity index (χ4v) is 8.74. The number of carbonyl (C=O) groups is 6. The van der Waals surface area contributed by atoms with E-state index < -0.39 is 85.6 Å². The second-order valence-corrected chi connectivity index (χ2v) is 17.7. The summed E-state index contributed by atoms with van der Waals surface area (Å²) in [7, 11) is -4.88. The van der Waals surface area contributed by atoms with Gasteiger partial charge >= 0.3 is 7.82 Å². The number of phosphoric acid groups is 1. The lowest BCUT2D eigenvalue weighted by atomic mass is 9.99. The van der Waals surface area contributed by atoms with Gasteiger partial charge in [-0.3, -0.25) is 38.6 Å². The van der Waals surface area contributed by atoms with E-state index in [2.05, 4.69) is 36.1 Å². The molecule has 9 N–H and O–H groups in total. The number of aliphatic hydroxyl groups excluding tert-OH is 1. The van der Waals surface area contributed by atoms with Gasteiger partial charge in [-0.2, -0.15) is 0 Å². The number of amides is 6. The monoisotopic (exact) mass is 921 g/mol. The molecule has 3 heterocycles. The molecule has 6 amide bonds. The summed E-state index contributed by atoms with van der Waals surface area (Å²) in [6.07, 6.45) is 0.532. The molecule has 19 heteroatoms. The van der Waals surface area contributed by atoms with E-state index in [0.29, 0.717) is 28.7 Å². The Morgan fingerprint density at radius 3 is 1.73 bits per heavy atom. The van der Waals surface area contributed by atoms with Crippen molar-refractivity contribution in [3.05, 3.63) is 138 Å². The smallest absolute Gasteiger partial charge is 0.404 e. The molecule has 2 fully saturated rings. The van der Waals surface area contributed by atoms with Gasteiger partial charge in [0.2, 0.25) is 35.4 Å². The Bertz CT molecular complexity index is 2590. The minimum atomic E-state index is -4.88. The Morgan fingerprint density at radius 1 is 0.621 bits per heavy atom. The Morgan fingerprint density at radius 2 is 1.12 bits per heavy atom. The third-order valence-electron chi connectivity index (χ3n) is 11.7. The number of hydrogen-bond donors (Lipinski definition) is 9. The third kappa shape index (κ3) is 12.1. The molecule has 5 aromatic rings. The summed E-state index contributed by atoms with van der Waals surface area (Å²) in [4.78, 5) is 110. The first kappa shape index (κ1) is 47.1. The average molecular weight is 922 g/mol. The quantitative estimate of drug-likeness (QED) is 0.0862. The summed E-state index contributed by atoms with van der Waals surface area (Å²) in [5, 5.41) is 25.5. The van der Waals surface area contributed by atoms with Crippen LogP contribution in [0.5, 0.6) is 5.75 Å². The lowest BCUT2D eigenvalue weighted by molar-refractivity contribution is -0.143. The molecule has 2 aliphatic rings. The highest BCUT2D eigenvalue weighted by molar-refractivity contribution is 7.46. The molecule has 4 aromatic carbocycles. The number of rotatable bonds is 11. The molecule has 0 radical (unpaired) electrons. The molecule has 7 rings (SSSR count). The molecule has 0 bridgehead atoms. The van der Waals surface area contributed by atoms with Crippen LogP contribution in [0.25, 0.3) is 10.9 Å². The molecule has 7 atom stereocenters. The number of para-hydroxylation sites is 1. The van der Waals surface area contributed by atoms with E-state index in [0.717, 1.165) is 10.9 Å². The first-order valence-corrected chi connectivity index (χ1v) is 23.1. The Kier molecular flexibility index (Phi) is 15.0. The van der Waals surface area contributed by atoms with E-state index >= 15 is 0 Å². The summed E-state index contributed by atoms with van der Waals surface area (Å²) in [6.45, 7) is 1.42. The molecule has 0 aliphatic carbocycles. The SMILES string of the molecule is C[C@@H](O)[C@@H]1NC(=O)[C@H](Cc2ccc(OP(=O)(O)O)cc2)NC(=O)[C@H]2CCCN2C(=O)[C@H](Cc2ccccc2)NC(=O)[C@H](Cc2ccccc2)NC(=O)[C@H](Cc2c[nH]c3ccccc23)NC1=O. The molecule has 0 saturated carbocycles. The third-order valence-corrected chi connectivity index (χ3v) is 12.1. The minimum absolute atomic E-state index is 0.000324. The lowest BCUT2D eigenvalue weighted by Gasteiger charge is -2.32. The number of nitrogens with one attached hydrogen (secondary N) is 6. The van der Waals surface area contributed by atoms with Crippen LogP contribution in [-0.2, 0) is 59.0 Å². The van der Waals surface area contributed by atoms with Gasteiger partial charge in [-0.05, 0) is 60.2 Å². The molecule has 0 unspecified atom stereocenters. The largest absolute Gasteiger partial charge is 0.524 e. The van der Waals surface area contributed by atoms with Crippen molar-refractivity contribution in [1.82, 2.24) is 36.5 Å². The average Bonchev–Trinajstić information content (AvgIpc) is 3.95. The predicted octanol–water partition coefficient (Wildman–Crippen LogP) is 1.72. The molecule has 18 nitrogen and oxygen atoms in total. The summed E-state index contributed by atoms with van der Waals surface area (Å²) >= 11 is 0. The van der Waals surface area contributed by atoms with Crippen molar-refractivity contribution in [2.45, 2.75) is 87.8 Å². The van der Waals surface area contributed by atoms with E-state index in [1.54, 1.807) is 60.8 Å². The maximum absolute atomic E-state index is 14.7. The predicted molar refractivity (Wildman–Crippen MR) is 241 cm³/mol. The fourth-order valence-electron chi connectivity index (χ4n) is 8.34. The van der Waals surface area contributed by atoms with Gasteiger partial charge in [0.15, 0.2) is 0 Å². The van der Waals surface area contributed by atoms with Crippen molar-refractivity contribution in [1.29, 1.82) is 0 Å². The molecule has 346 valence electrons. The number of fused-ring (bicyclic) bond motifs is 2. The first-order chi connectivity index (χ1) is 31.6. The number of aromatic nitrogens is 1. The number of phosphoric ester groups is 1. The first-order valence-electron chi connectivity index (χ1n) is 21.6. The number of aliphatic hydroxyl groups is 1. The van der Waals surface area contributed by atoms with Crippen LogP contribution in [0.4, 0.5) is 0 Å². The molecule has 2 aliphatic heterocycles. The molecular weight excluding hydrogens is 870 g/mol. The number of H-pyrrole nitrogens is 1. The van der Waals surface area contributed by atoms with Crippen LogP contribution in [0.2, 0.25) is 0 Å². The van der Waals surface area contributed by atoms with Gasteiger partial charge < -0.3 is 46.1 Å². The van der Waals surface area contributed by atoms with Crippen molar-refractivity contribution >= 4 is 54.2 Å². The van der Waals surface area contributed by atoms with Gasteiger partial charge in [0.25, 0.3) is 0 Å². The van der Waals surface area contributed by atoms with Gasteiger partial charge in [-0.15, -0.1) is 0 Å². The highest BCUT2D eigenvalue weighted by atomic mass is 31.2. The van der Waals surface area contributed by atoms with Gasteiger partial charge in [-0.25, -0.2) is 4.57 Å². The van der Waals surface area contributed by atoms with Crippen LogP contribution in [0.15, 0.2) is 115 Å². The maximum atomic E-state index is 14.7. The van der Waals surface area contributed by atoms with Gasteiger partial charge in [0, 0.05) is 49.3 Å². The van der Waals surface area contributed by atoms with Gasteiger partial charge in [0.05, 0.1) is 6.10 Å². The molecular formula is C47H52N7O11P. The van der Waals surface area contributed by atoms with Crippen LogP contribution in [0.1, 0.15) is 42.0 Å². The van der Waals surface area contributed by atoms with Crippen LogP contribution in [0, 0.1) is 0 Å². The van der Waals surface area contributed by atoms with Crippen molar-refractivity contribution < 1.29 is 52.7 Å². The fraction of sp³-hybridized carbons (Fsp3) is 0.319. The molecule has 0 spiro atoms. The normalized spacial score (nSPS) is 23.1. The number of aromatic amines is 1. The Hall–Kier alpha value is -6.85. The van der Waals surface area contributed by atoms with E-state index in [-0.39, 0.29) is 44.4 Å². The maximum Gasteiger partial charge on any atom is 0.524 e. The summed E-state index contributed by atoms with van der Waals surface area (Å²) in [5.74, 6) is -4.70. The number of carbonyl (C=O) groups excluding carboxylic acids is 6. The molecule has 2 saturated heterocycles. The van der Waals surface area contributed by atoms with Crippen molar-refractivity contribution in [2.75, 3.05) is 6.54 Å². The summed E-state index contributed by atoms with van der Waals surface area (Å²) in [6, 6.07) is 22.6. The van der Waals surface area contributed by atoms with E-state index in [4.69, 9.17) is 0 Å². The van der Waals surface area contributed by atoms with Crippen molar-refractivity contribution in [2.24, 2.45) is 0 Å². The number of nitrogens with zero attached hydrogens (tertiary/aromatic N) is 1. The topological polar surface area (TPSA) is 269 Å². The van der Waals surface area contributed by atoms with Gasteiger partial charge in [0.1, 0.15) is 42.0 Å². The highest BCUT2D eigenvalue weighted by Crippen LogP contribution is 2.37. The summed E-state index contributed by atoms with van der Waals surface area (Å²) < 4.78 is 16.1. The second kappa shape index (κ2) is 21.0. The van der Waals surface area contributed by atoms with Crippen molar-refractivity contribution in [3.8, 4) is 5.75 Å². The van der Waals surface area contributed by atoms with Crippen molar-refractivity contribution in [3.63, 3.8) is 0 Å². The van der Waals surface area contributed by atoms with E-state index in [1.807, 2.05) is 30.3 Å². The second-order valence-electron chi connectivity index (χ2n) is 16.5. The number of benzene rings is 4. The zero-order valence-electron chi connectivity index (χ0n) is 36.0. The van der Waals surface area contributed by atoms with E-state index in [1.165, 1.54) is 36.1 Å². The highest BCUT2D eigenvalue weighted by Gasteiger charge is 2.41. The standard InChI is InChI=1S/C47H52N7O11P/c1-28(55)41-46(60)51-38(26-32-27-48-35-16-9-8-15-34(32)35)43(57)49-36(23-29-11-4-2-5-12-29)42(56)52-39(25-30-13-6-3-7-14-30)47(61)54-22-10-17-40(54)45(59)50-37(44(58)53-41)24-31-18-20-33(21-19-31)65-66(62,63)64/h2-9,11-16,18-21,27-28,36-41,48,55H,10,17,22-26H2,1H3,(H,49,57)(H,50,59)(H,51,60)(H,52,56)(H,53,58)(H2,62,63,64)/t28-,36+,37+,38+,39+,40-,41+/m1/s1. The van der Waals surface area contributed by atoms with Gasteiger partial charge in [-0.1, -0.05) is 91.0 Å². The Labute approximate surface area is 380 Å². The number of hydrogen-bond acceptors (Lipinski definition) is 9. The van der Waals surface area contributed by atoms with Crippen LogP contribution >= 0.6 is 7.82 Å². The Balaban J connectivity index is 1.28. The zero-order valence-corrected chi connectivity index (χ0v) is 36.9. The summed E-state index contributed by atoms with van der Waals surface area (Å²) in [5.41, 5.74) is 3.21. The van der Waals surface area contributed by atoms with Crippen LogP contribution in [0.3, 0.4) is 0 Å². The zero-order chi connectivity index (χ0) is 47.0. The molecule has 1 aromatic heterocycles. The van der Waals surface area contributed by atoms with Crippen LogP contribution < -0.4 is 31.1 Å².